The number of fused-ring (bicyclic) bond motifs is 3. The van der Waals surface area contributed by atoms with Gasteiger partial charge in [-0.3, -0.25) is 0 Å². The van der Waals surface area contributed by atoms with Crippen LogP contribution in [0.4, 0.5) is 5.69 Å². The normalized spacial score (nSPS) is 11.9. The molecular formula is C24H18Cl2N4O2S. The van der Waals surface area contributed by atoms with E-state index in [1.165, 1.54) is 11.3 Å². The zero-order chi connectivity index (χ0) is 23.1. The van der Waals surface area contributed by atoms with Gasteiger partial charge in [0.05, 0.1) is 26.6 Å². The minimum atomic E-state index is -0.400. The zero-order valence-electron chi connectivity index (χ0n) is 17.8. The van der Waals surface area contributed by atoms with E-state index in [0.29, 0.717) is 47.7 Å². The van der Waals surface area contributed by atoms with Crippen molar-refractivity contribution in [2.45, 2.75) is 13.8 Å². The van der Waals surface area contributed by atoms with Gasteiger partial charge in [0, 0.05) is 30.2 Å². The molecule has 0 radical (unpaired) electrons. The van der Waals surface area contributed by atoms with Crippen LogP contribution in [-0.2, 0) is 0 Å². The highest BCUT2D eigenvalue weighted by atomic mass is 35.5. The Labute approximate surface area is 203 Å². The molecule has 5 rings (SSSR count). The van der Waals surface area contributed by atoms with Crippen molar-refractivity contribution >= 4 is 84.9 Å². The molecule has 0 unspecified atom stereocenters. The van der Waals surface area contributed by atoms with Gasteiger partial charge in [-0.05, 0) is 56.3 Å². The van der Waals surface area contributed by atoms with Crippen LogP contribution in [0.15, 0.2) is 45.6 Å². The summed E-state index contributed by atoms with van der Waals surface area (Å²) in [6, 6.07) is 11.1. The fourth-order valence-corrected chi connectivity index (χ4v) is 4.75. The quantitative estimate of drug-likeness (QED) is 0.253. The Balaban J connectivity index is 1.49. The molecule has 0 bridgehead atoms. The summed E-state index contributed by atoms with van der Waals surface area (Å²) in [6.07, 6.45) is 3.47. The number of thiazole rings is 1. The van der Waals surface area contributed by atoms with Gasteiger partial charge in [0.25, 0.3) is 0 Å². The van der Waals surface area contributed by atoms with E-state index < -0.39 is 5.63 Å². The van der Waals surface area contributed by atoms with E-state index in [-0.39, 0.29) is 0 Å². The van der Waals surface area contributed by atoms with Gasteiger partial charge < -0.3 is 9.32 Å². The zero-order valence-corrected chi connectivity index (χ0v) is 20.1. The summed E-state index contributed by atoms with van der Waals surface area (Å²) in [5, 5.41) is 2.38. The van der Waals surface area contributed by atoms with E-state index in [2.05, 4.69) is 33.7 Å². The largest absolute Gasteiger partial charge is 0.422 e. The van der Waals surface area contributed by atoms with Crippen molar-refractivity contribution in [2.75, 3.05) is 18.0 Å². The van der Waals surface area contributed by atoms with Gasteiger partial charge >= 0.3 is 5.63 Å². The average molecular weight is 497 g/mol. The maximum absolute atomic E-state index is 12.6. The lowest BCUT2D eigenvalue weighted by atomic mass is 10.1. The third kappa shape index (κ3) is 4.19. The van der Waals surface area contributed by atoms with Gasteiger partial charge in [0.15, 0.2) is 10.5 Å². The van der Waals surface area contributed by atoms with Crippen LogP contribution in [0.5, 0.6) is 0 Å². The molecule has 3 aromatic heterocycles. The molecule has 0 N–H and O–H groups in total. The van der Waals surface area contributed by atoms with Gasteiger partial charge in [-0.1, -0.05) is 34.5 Å². The smallest absolute Gasteiger partial charge is 0.343 e. The fourth-order valence-electron chi connectivity index (χ4n) is 3.64. The molecule has 0 aliphatic heterocycles. The molecule has 6 nitrogen and oxygen atoms in total. The van der Waals surface area contributed by atoms with Crippen LogP contribution in [0.3, 0.4) is 0 Å². The molecule has 0 atom stereocenters. The molecule has 2 aromatic carbocycles. The monoisotopic (exact) mass is 496 g/mol. The van der Waals surface area contributed by atoms with Crippen LogP contribution in [-0.4, -0.2) is 28.0 Å². The lowest BCUT2D eigenvalue weighted by Crippen LogP contribution is -2.21. The highest BCUT2D eigenvalue weighted by Gasteiger charge is 2.11. The Kier molecular flexibility index (Phi) is 5.78. The first-order chi connectivity index (χ1) is 15.9. The van der Waals surface area contributed by atoms with E-state index >= 15 is 0 Å². The predicted octanol–water partition coefficient (Wildman–Crippen LogP) is 6.67. The highest BCUT2D eigenvalue weighted by Crippen LogP contribution is 2.29. The fraction of sp³-hybridized carbons (Fsp3) is 0.167. The summed E-state index contributed by atoms with van der Waals surface area (Å²) in [5.41, 5.74) is 3.43. The van der Waals surface area contributed by atoms with E-state index in [0.717, 1.165) is 24.2 Å². The first-order valence-electron chi connectivity index (χ1n) is 10.4. The van der Waals surface area contributed by atoms with Crippen LogP contribution in [0, 0.1) is 0 Å². The second-order valence-corrected chi connectivity index (χ2v) is 9.20. The van der Waals surface area contributed by atoms with Crippen molar-refractivity contribution in [1.29, 1.82) is 0 Å². The van der Waals surface area contributed by atoms with E-state index in [1.54, 1.807) is 24.3 Å². The van der Waals surface area contributed by atoms with Crippen molar-refractivity contribution in [2.24, 2.45) is 0 Å². The predicted molar refractivity (Wildman–Crippen MR) is 138 cm³/mol. The first-order valence-corrected chi connectivity index (χ1v) is 12.0. The SMILES string of the molecule is CCN(CC)c1ccc2cc(/C=C/c3nc4nc5cc(Cl)c(Cl)cc5nc4s3)c(=O)oc2c1. The Morgan fingerprint density at radius 2 is 1.70 bits per heavy atom. The summed E-state index contributed by atoms with van der Waals surface area (Å²) in [4.78, 5) is 29.1. The van der Waals surface area contributed by atoms with Crippen molar-refractivity contribution in [3.8, 4) is 0 Å². The third-order valence-electron chi connectivity index (χ3n) is 5.36. The standard InChI is InChI=1S/C24H18Cl2N4O2S/c1-3-30(4-2)15-7-5-13-9-14(24(31)32-20(13)10-15)6-8-21-29-22-23(33-21)28-19-12-17(26)16(25)11-18(19)27-22/h5-12H,3-4H2,1-2H3/b8-6+. The molecule has 0 saturated heterocycles. The van der Waals surface area contributed by atoms with Crippen LogP contribution < -0.4 is 10.5 Å². The number of hydrogen-bond donors (Lipinski definition) is 0. The summed E-state index contributed by atoms with van der Waals surface area (Å²) >= 11 is 13.6. The van der Waals surface area contributed by atoms with Crippen molar-refractivity contribution in [3.63, 3.8) is 0 Å². The van der Waals surface area contributed by atoms with Crippen molar-refractivity contribution in [1.82, 2.24) is 15.0 Å². The Bertz CT molecular complexity index is 1550. The van der Waals surface area contributed by atoms with Gasteiger partial charge in [-0.15, -0.1) is 0 Å². The van der Waals surface area contributed by atoms with Gasteiger partial charge in [-0.25, -0.2) is 19.7 Å². The summed E-state index contributed by atoms with van der Waals surface area (Å²) in [5.74, 6) is 0. The second-order valence-electron chi connectivity index (χ2n) is 7.38. The van der Waals surface area contributed by atoms with Crippen LogP contribution in [0.25, 0.3) is 44.6 Å². The van der Waals surface area contributed by atoms with E-state index in [9.17, 15) is 4.79 Å². The second kappa shape index (κ2) is 8.74. The number of aromatic nitrogens is 3. The van der Waals surface area contributed by atoms with Gasteiger partial charge in [-0.2, -0.15) is 0 Å². The van der Waals surface area contributed by atoms with Crippen LogP contribution >= 0.6 is 34.5 Å². The molecule has 0 fully saturated rings. The molecule has 0 amide bonds. The Hall–Kier alpha value is -3.00. The Morgan fingerprint density at radius 1 is 0.970 bits per heavy atom. The van der Waals surface area contributed by atoms with E-state index in [1.807, 2.05) is 24.3 Å². The van der Waals surface area contributed by atoms with E-state index in [4.69, 9.17) is 27.6 Å². The van der Waals surface area contributed by atoms with Crippen LogP contribution in [0.1, 0.15) is 24.4 Å². The van der Waals surface area contributed by atoms with Crippen molar-refractivity contribution < 1.29 is 4.42 Å². The molecule has 5 aromatic rings. The molecule has 33 heavy (non-hydrogen) atoms. The number of nitrogens with zero attached hydrogens (tertiary/aromatic N) is 4. The number of rotatable bonds is 5. The third-order valence-corrected chi connectivity index (χ3v) is 6.98. The number of benzene rings is 2. The maximum atomic E-state index is 12.6. The summed E-state index contributed by atoms with van der Waals surface area (Å²) < 4.78 is 5.59. The topological polar surface area (TPSA) is 72.1 Å². The van der Waals surface area contributed by atoms with Crippen LogP contribution in [0.2, 0.25) is 10.0 Å². The highest BCUT2D eigenvalue weighted by molar-refractivity contribution is 7.18. The molecule has 9 heteroatoms. The number of hydrogen-bond acceptors (Lipinski definition) is 7. The molecule has 166 valence electrons. The average Bonchev–Trinajstić information content (AvgIpc) is 3.19. The number of anilines is 1. The molecule has 0 spiro atoms. The minimum absolute atomic E-state index is 0.400. The molecule has 0 saturated carbocycles. The maximum Gasteiger partial charge on any atom is 0.343 e. The molecular weight excluding hydrogens is 479 g/mol. The first kappa shape index (κ1) is 21.8. The Morgan fingerprint density at radius 3 is 2.42 bits per heavy atom. The number of halogens is 2. The lowest BCUT2D eigenvalue weighted by Gasteiger charge is -2.20. The molecule has 3 heterocycles. The van der Waals surface area contributed by atoms with Crippen molar-refractivity contribution in [3.05, 3.63) is 67.4 Å². The van der Waals surface area contributed by atoms with Gasteiger partial charge in [0.2, 0.25) is 0 Å². The summed E-state index contributed by atoms with van der Waals surface area (Å²) in [7, 11) is 0. The van der Waals surface area contributed by atoms with Gasteiger partial charge in [0.1, 0.15) is 10.6 Å². The summed E-state index contributed by atoms with van der Waals surface area (Å²) in [6.45, 7) is 5.96. The molecule has 0 aliphatic carbocycles. The lowest BCUT2D eigenvalue weighted by molar-refractivity contribution is 0.559. The minimum Gasteiger partial charge on any atom is -0.422 e. The molecule has 0 aliphatic rings.